The lowest BCUT2D eigenvalue weighted by Crippen LogP contribution is -2.48. The highest BCUT2D eigenvalue weighted by Gasteiger charge is 2.18. The minimum Gasteiger partial charge on any atom is -0.383 e. The van der Waals surface area contributed by atoms with Crippen LogP contribution in [0.3, 0.4) is 0 Å². The predicted molar refractivity (Wildman–Crippen MR) is 60.6 cm³/mol. The monoisotopic (exact) mass is 217 g/mol. The normalized spacial score (nSPS) is 15.1. The van der Waals surface area contributed by atoms with E-state index < -0.39 is 0 Å². The summed E-state index contributed by atoms with van der Waals surface area (Å²) in [7, 11) is 3.50. The number of methoxy groups -OCH3 is 1. The fourth-order valence-electron chi connectivity index (χ4n) is 1.32. The molecule has 0 fully saturated rings. The molecule has 0 rings (SSSR count). The van der Waals surface area contributed by atoms with Crippen molar-refractivity contribution in [2.45, 2.75) is 25.9 Å². The third-order valence-electron chi connectivity index (χ3n) is 2.29. The molecule has 0 aromatic rings. The van der Waals surface area contributed by atoms with Crippen molar-refractivity contribution >= 4 is 5.91 Å². The second-order valence-electron chi connectivity index (χ2n) is 3.73. The van der Waals surface area contributed by atoms with Crippen LogP contribution in [-0.2, 0) is 9.53 Å². The van der Waals surface area contributed by atoms with Gasteiger partial charge in [-0.15, -0.1) is 0 Å². The number of nitrogens with two attached hydrogens (primary N) is 1. The number of nitrogens with zero attached hydrogens (tertiary/aromatic N) is 1. The van der Waals surface area contributed by atoms with Gasteiger partial charge in [0.1, 0.15) is 0 Å². The zero-order valence-corrected chi connectivity index (χ0v) is 10.1. The zero-order chi connectivity index (χ0) is 11.8. The van der Waals surface area contributed by atoms with E-state index >= 15 is 0 Å². The van der Waals surface area contributed by atoms with Crippen LogP contribution in [0, 0.1) is 0 Å². The Kier molecular flexibility index (Phi) is 7.29. The second-order valence-corrected chi connectivity index (χ2v) is 3.73. The van der Waals surface area contributed by atoms with Crippen LogP contribution in [0.5, 0.6) is 0 Å². The number of nitrogens with one attached hydrogen (secondary N) is 1. The lowest BCUT2D eigenvalue weighted by Gasteiger charge is -2.26. The lowest BCUT2D eigenvalue weighted by atomic mass is 10.2. The number of carbonyl (C=O) groups excluding carboxylic acids is 1. The maximum Gasteiger partial charge on any atom is 0.237 e. The minimum absolute atomic E-state index is 0.0321. The van der Waals surface area contributed by atoms with E-state index in [1.807, 2.05) is 25.8 Å². The largest absolute Gasteiger partial charge is 0.383 e. The molecule has 0 saturated carbocycles. The van der Waals surface area contributed by atoms with Crippen molar-refractivity contribution in [3.63, 3.8) is 0 Å². The Morgan fingerprint density at radius 2 is 2.20 bits per heavy atom. The molecule has 0 aromatic carbocycles. The quantitative estimate of drug-likeness (QED) is 0.598. The van der Waals surface area contributed by atoms with Gasteiger partial charge in [0.15, 0.2) is 0 Å². The van der Waals surface area contributed by atoms with Crippen molar-refractivity contribution in [1.29, 1.82) is 0 Å². The van der Waals surface area contributed by atoms with E-state index in [0.717, 1.165) is 0 Å². The number of likely N-dealkylation sites (N-methyl/N-ethyl adjacent to an activating group) is 2. The van der Waals surface area contributed by atoms with Crippen LogP contribution in [-0.4, -0.2) is 56.7 Å². The van der Waals surface area contributed by atoms with Crippen LogP contribution >= 0.6 is 0 Å². The minimum atomic E-state index is -0.159. The van der Waals surface area contributed by atoms with E-state index in [4.69, 9.17) is 10.5 Å². The van der Waals surface area contributed by atoms with Gasteiger partial charge in [0.05, 0.1) is 12.6 Å². The molecule has 90 valence electrons. The first kappa shape index (κ1) is 14.3. The van der Waals surface area contributed by atoms with E-state index in [-0.39, 0.29) is 18.0 Å². The summed E-state index contributed by atoms with van der Waals surface area (Å²) in [6.45, 7) is 5.57. The molecule has 5 nitrogen and oxygen atoms in total. The van der Waals surface area contributed by atoms with Crippen molar-refractivity contribution in [2.24, 2.45) is 5.73 Å². The molecule has 0 aromatic heterocycles. The fraction of sp³-hybridized carbons (Fsp3) is 0.900. The van der Waals surface area contributed by atoms with Crippen molar-refractivity contribution < 1.29 is 9.53 Å². The molecule has 3 N–H and O–H groups in total. The van der Waals surface area contributed by atoms with Crippen molar-refractivity contribution in [2.75, 3.05) is 33.9 Å². The summed E-state index contributed by atoms with van der Waals surface area (Å²) in [5, 5.41) is 2.78. The fourth-order valence-corrected chi connectivity index (χ4v) is 1.32. The molecular weight excluding hydrogens is 194 g/mol. The van der Waals surface area contributed by atoms with Gasteiger partial charge < -0.3 is 15.8 Å². The molecule has 15 heavy (non-hydrogen) atoms. The summed E-state index contributed by atoms with van der Waals surface area (Å²) >= 11 is 0. The van der Waals surface area contributed by atoms with Gasteiger partial charge in [-0.05, 0) is 20.9 Å². The zero-order valence-electron chi connectivity index (χ0n) is 10.1. The number of hydrogen-bond donors (Lipinski definition) is 2. The highest BCUT2D eigenvalue weighted by atomic mass is 16.5. The van der Waals surface area contributed by atoms with Crippen LogP contribution < -0.4 is 11.1 Å². The number of rotatable bonds is 7. The van der Waals surface area contributed by atoms with Gasteiger partial charge >= 0.3 is 0 Å². The highest BCUT2D eigenvalue weighted by molar-refractivity contribution is 5.81. The maximum absolute atomic E-state index is 11.5. The lowest BCUT2D eigenvalue weighted by molar-refractivity contribution is -0.125. The molecule has 0 spiro atoms. The summed E-state index contributed by atoms with van der Waals surface area (Å²) < 4.78 is 4.94. The average Bonchev–Trinajstić information content (AvgIpc) is 2.17. The van der Waals surface area contributed by atoms with Crippen molar-refractivity contribution in [3.8, 4) is 0 Å². The molecule has 0 radical (unpaired) electrons. The van der Waals surface area contributed by atoms with Gasteiger partial charge in [0.2, 0.25) is 5.91 Å². The standard InChI is InChI=1S/C10H23N3O2/c1-5-12-10(14)8(2)13(3)6-9(11)7-15-4/h8-9H,5-7,11H2,1-4H3,(H,12,14). The Bertz CT molecular complexity index is 188. The number of hydrogen-bond acceptors (Lipinski definition) is 4. The van der Waals surface area contributed by atoms with Gasteiger partial charge in [0.25, 0.3) is 0 Å². The van der Waals surface area contributed by atoms with Gasteiger partial charge in [-0.25, -0.2) is 0 Å². The third kappa shape index (κ3) is 5.71. The summed E-state index contributed by atoms with van der Waals surface area (Å²) in [5.41, 5.74) is 5.80. The van der Waals surface area contributed by atoms with Crippen LogP contribution in [0.4, 0.5) is 0 Å². The van der Waals surface area contributed by atoms with Crippen LogP contribution in [0.15, 0.2) is 0 Å². The molecule has 0 saturated heterocycles. The third-order valence-corrected chi connectivity index (χ3v) is 2.29. The Hall–Kier alpha value is -0.650. The predicted octanol–water partition coefficient (Wildman–Crippen LogP) is -0.583. The molecule has 2 atom stereocenters. The number of ether oxygens (including phenoxy) is 1. The smallest absolute Gasteiger partial charge is 0.237 e. The molecule has 0 aliphatic rings. The summed E-state index contributed by atoms with van der Waals surface area (Å²) in [4.78, 5) is 13.4. The topological polar surface area (TPSA) is 67.6 Å². The van der Waals surface area contributed by atoms with Gasteiger partial charge in [0, 0.05) is 26.2 Å². The molecule has 5 heteroatoms. The van der Waals surface area contributed by atoms with Crippen molar-refractivity contribution in [1.82, 2.24) is 10.2 Å². The molecule has 0 aliphatic carbocycles. The molecule has 0 heterocycles. The Balaban J connectivity index is 3.97. The summed E-state index contributed by atoms with van der Waals surface area (Å²) in [5.74, 6) is 0.0321. The average molecular weight is 217 g/mol. The van der Waals surface area contributed by atoms with Gasteiger partial charge in [-0.3, -0.25) is 9.69 Å². The number of carbonyl (C=O) groups is 1. The molecular formula is C10H23N3O2. The molecule has 0 bridgehead atoms. The molecule has 0 aliphatic heterocycles. The maximum atomic E-state index is 11.5. The van der Waals surface area contributed by atoms with Gasteiger partial charge in [-0.2, -0.15) is 0 Å². The summed E-state index contributed by atoms with van der Waals surface area (Å²) in [6, 6.07) is -0.218. The van der Waals surface area contributed by atoms with Crippen LogP contribution in [0.1, 0.15) is 13.8 Å². The molecule has 1 amide bonds. The first-order valence-corrected chi connectivity index (χ1v) is 5.25. The Morgan fingerprint density at radius 1 is 1.60 bits per heavy atom. The molecule has 2 unspecified atom stereocenters. The van der Waals surface area contributed by atoms with Crippen LogP contribution in [0.25, 0.3) is 0 Å². The Labute approximate surface area is 91.9 Å². The van der Waals surface area contributed by atoms with E-state index in [1.165, 1.54) is 0 Å². The second kappa shape index (κ2) is 7.62. The van der Waals surface area contributed by atoms with Crippen molar-refractivity contribution in [3.05, 3.63) is 0 Å². The highest BCUT2D eigenvalue weighted by Crippen LogP contribution is 1.97. The van der Waals surface area contributed by atoms with Crippen LogP contribution in [0.2, 0.25) is 0 Å². The SMILES string of the molecule is CCNC(=O)C(C)N(C)CC(N)COC. The van der Waals surface area contributed by atoms with E-state index in [1.54, 1.807) is 7.11 Å². The van der Waals surface area contributed by atoms with E-state index in [2.05, 4.69) is 5.32 Å². The first-order chi connectivity index (χ1) is 7.02. The first-order valence-electron chi connectivity index (χ1n) is 5.25. The summed E-state index contributed by atoms with van der Waals surface area (Å²) in [6.07, 6.45) is 0. The Morgan fingerprint density at radius 3 is 2.67 bits per heavy atom. The van der Waals surface area contributed by atoms with E-state index in [0.29, 0.717) is 19.7 Å². The number of amides is 1. The van der Waals surface area contributed by atoms with E-state index in [9.17, 15) is 4.79 Å². The van der Waals surface area contributed by atoms with Gasteiger partial charge in [-0.1, -0.05) is 0 Å².